The van der Waals surface area contributed by atoms with Gasteiger partial charge in [0.2, 0.25) is 0 Å². The zero-order valence-corrected chi connectivity index (χ0v) is 10.6. The van der Waals surface area contributed by atoms with E-state index in [0.29, 0.717) is 11.3 Å². The second kappa shape index (κ2) is 7.90. The Kier molecular flexibility index (Phi) is 6.13. The SMILES string of the molecule is CCOC(=O)/C(C#N)=C\c1ccccc1OCCO. The summed E-state index contributed by atoms with van der Waals surface area (Å²) in [5, 5.41) is 17.7. The molecule has 1 aromatic rings. The molecule has 0 fully saturated rings. The van der Waals surface area contributed by atoms with E-state index < -0.39 is 5.97 Å². The Labute approximate surface area is 111 Å². The minimum absolute atomic E-state index is 0.0955. The molecule has 0 aromatic heterocycles. The Hall–Kier alpha value is -2.32. The zero-order chi connectivity index (χ0) is 14.1. The molecule has 0 heterocycles. The topological polar surface area (TPSA) is 79.6 Å². The van der Waals surface area contributed by atoms with Crippen molar-refractivity contribution >= 4 is 12.0 Å². The van der Waals surface area contributed by atoms with Gasteiger partial charge >= 0.3 is 5.97 Å². The summed E-state index contributed by atoms with van der Waals surface area (Å²) in [5.41, 5.74) is 0.488. The van der Waals surface area contributed by atoms with Gasteiger partial charge in [-0.05, 0) is 19.1 Å². The summed E-state index contributed by atoms with van der Waals surface area (Å²) >= 11 is 0. The van der Waals surface area contributed by atoms with Crippen LogP contribution in [-0.2, 0) is 9.53 Å². The lowest BCUT2D eigenvalue weighted by Crippen LogP contribution is -2.06. The highest BCUT2D eigenvalue weighted by Gasteiger charge is 2.11. The van der Waals surface area contributed by atoms with Gasteiger partial charge < -0.3 is 14.6 Å². The third kappa shape index (κ3) is 4.45. The first-order chi connectivity index (χ1) is 9.22. The number of para-hydroxylation sites is 1. The fraction of sp³-hybridized carbons (Fsp3) is 0.286. The van der Waals surface area contributed by atoms with Gasteiger partial charge in [-0.3, -0.25) is 0 Å². The van der Waals surface area contributed by atoms with Crippen molar-refractivity contribution in [2.45, 2.75) is 6.92 Å². The van der Waals surface area contributed by atoms with Crippen molar-refractivity contribution in [3.63, 3.8) is 0 Å². The second-order valence-electron chi connectivity index (χ2n) is 3.50. The fourth-order valence-corrected chi connectivity index (χ4v) is 1.39. The largest absolute Gasteiger partial charge is 0.491 e. The number of benzene rings is 1. The number of hydrogen-bond donors (Lipinski definition) is 1. The van der Waals surface area contributed by atoms with E-state index >= 15 is 0 Å². The van der Waals surface area contributed by atoms with Gasteiger partial charge in [0.1, 0.15) is 24.0 Å². The molecule has 1 aromatic carbocycles. The molecule has 0 amide bonds. The third-order valence-corrected chi connectivity index (χ3v) is 2.18. The number of nitriles is 1. The molecular formula is C14H15NO4. The Bertz CT molecular complexity index is 502. The summed E-state index contributed by atoms with van der Waals surface area (Å²) in [7, 11) is 0. The van der Waals surface area contributed by atoms with Gasteiger partial charge in [-0.2, -0.15) is 5.26 Å². The Morgan fingerprint density at radius 1 is 1.47 bits per heavy atom. The molecule has 5 nitrogen and oxygen atoms in total. The average molecular weight is 261 g/mol. The maximum Gasteiger partial charge on any atom is 0.348 e. The summed E-state index contributed by atoms with van der Waals surface area (Å²) in [6.07, 6.45) is 1.41. The molecule has 19 heavy (non-hydrogen) atoms. The highest BCUT2D eigenvalue weighted by Crippen LogP contribution is 2.21. The number of nitrogens with zero attached hydrogens (tertiary/aromatic N) is 1. The van der Waals surface area contributed by atoms with Gasteiger partial charge in [-0.25, -0.2) is 4.79 Å². The first-order valence-corrected chi connectivity index (χ1v) is 5.84. The molecule has 0 atom stereocenters. The molecule has 0 aliphatic heterocycles. The van der Waals surface area contributed by atoms with E-state index in [0.717, 1.165) is 0 Å². The van der Waals surface area contributed by atoms with Crippen LogP contribution in [0.1, 0.15) is 12.5 Å². The lowest BCUT2D eigenvalue weighted by atomic mass is 10.1. The minimum Gasteiger partial charge on any atom is -0.491 e. The molecule has 0 saturated heterocycles. The van der Waals surface area contributed by atoms with E-state index in [1.165, 1.54) is 6.08 Å². The van der Waals surface area contributed by atoms with Gasteiger partial charge in [0.25, 0.3) is 0 Å². The highest BCUT2D eigenvalue weighted by molar-refractivity contribution is 5.98. The van der Waals surface area contributed by atoms with Crippen LogP contribution in [0.25, 0.3) is 6.08 Å². The van der Waals surface area contributed by atoms with Gasteiger partial charge in [-0.15, -0.1) is 0 Å². The van der Waals surface area contributed by atoms with E-state index in [-0.39, 0.29) is 25.4 Å². The van der Waals surface area contributed by atoms with Crippen molar-refractivity contribution < 1.29 is 19.4 Å². The standard InChI is InChI=1S/C14H15NO4/c1-2-18-14(17)12(10-15)9-11-5-3-4-6-13(11)19-8-7-16/h3-6,9,16H,2,7-8H2,1H3/b12-9-. The van der Waals surface area contributed by atoms with Crippen LogP contribution in [0, 0.1) is 11.3 Å². The van der Waals surface area contributed by atoms with Gasteiger partial charge in [0, 0.05) is 5.56 Å². The maximum absolute atomic E-state index is 11.5. The fourth-order valence-electron chi connectivity index (χ4n) is 1.39. The van der Waals surface area contributed by atoms with Crippen molar-refractivity contribution in [1.82, 2.24) is 0 Å². The van der Waals surface area contributed by atoms with Crippen LogP contribution in [0.2, 0.25) is 0 Å². The van der Waals surface area contributed by atoms with Crippen molar-refractivity contribution in [2.75, 3.05) is 19.8 Å². The average Bonchev–Trinajstić information content (AvgIpc) is 2.43. The molecule has 0 saturated carbocycles. The summed E-state index contributed by atoms with van der Waals surface area (Å²) < 4.78 is 10.1. The summed E-state index contributed by atoms with van der Waals surface area (Å²) in [5.74, 6) is -0.171. The smallest absolute Gasteiger partial charge is 0.348 e. The lowest BCUT2D eigenvalue weighted by molar-refractivity contribution is -0.137. The van der Waals surface area contributed by atoms with Crippen LogP contribution in [0.5, 0.6) is 5.75 Å². The number of carbonyl (C=O) groups excluding carboxylic acids is 1. The van der Waals surface area contributed by atoms with Crippen LogP contribution >= 0.6 is 0 Å². The molecule has 0 aliphatic carbocycles. The van der Waals surface area contributed by atoms with Crippen LogP contribution in [0.15, 0.2) is 29.8 Å². The van der Waals surface area contributed by atoms with Crippen molar-refractivity contribution in [3.05, 3.63) is 35.4 Å². The van der Waals surface area contributed by atoms with Gasteiger partial charge in [-0.1, -0.05) is 18.2 Å². The molecule has 1 N–H and O–H groups in total. The van der Waals surface area contributed by atoms with E-state index in [4.69, 9.17) is 19.8 Å². The number of rotatable bonds is 6. The molecular weight excluding hydrogens is 246 g/mol. The molecule has 0 radical (unpaired) electrons. The van der Waals surface area contributed by atoms with Crippen molar-refractivity contribution in [1.29, 1.82) is 5.26 Å². The molecule has 1 rings (SSSR count). The minimum atomic E-state index is -0.665. The van der Waals surface area contributed by atoms with Crippen LogP contribution in [0.3, 0.4) is 0 Å². The van der Waals surface area contributed by atoms with Crippen molar-refractivity contribution in [3.8, 4) is 11.8 Å². The number of aliphatic hydroxyl groups is 1. The Morgan fingerprint density at radius 2 is 2.21 bits per heavy atom. The number of ether oxygens (including phenoxy) is 2. The van der Waals surface area contributed by atoms with E-state index in [1.807, 2.05) is 0 Å². The molecule has 0 spiro atoms. The molecule has 5 heteroatoms. The summed E-state index contributed by atoms with van der Waals surface area (Å²) in [6.45, 7) is 1.92. The van der Waals surface area contributed by atoms with Crippen molar-refractivity contribution in [2.24, 2.45) is 0 Å². The number of hydrogen-bond acceptors (Lipinski definition) is 5. The third-order valence-electron chi connectivity index (χ3n) is 2.18. The van der Waals surface area contributed by atoms with E-state index in [1.54, 1.807) is 37.3 Å². The quantitative estimate of drug-likeness (QED) is 0.477. The van der Waals surface area contributed by atoms with Crippen LogP contribution in [-0.4, -0.2) is 30.9 Å². The molecule has 100 valence electrons. The monoisotopic (exact) mass is 261 g/mol. The zero-order valence-electron chi connectivity index (χ0n) is 10.6. The molecule has 0 aliphatic rings. The number of carbonyl (C=O) groups is 1. The number of aliphatic hydroxyl groups excluding tert-OH is 1. The first-order valence-electron chi connectivity index (χ1n) is 5.84. The van der Waals surface area contributed by atoms with E-state index in [9.17, 15) is 4.79 Å². The van der Waals surface area contributed by atoms with Crippen LogP contribution < -0.4 is 4.74 Å². The summed E-state index contributed by atoms with van der Waals surface area (Å²) in [6, 6.07) is 8.73. The lowest BCUT2D eigenvalue weighted by Gasteiger charge is -2.08. The van der Waals surface area contributed by atoms with Gasteiger partial charge in [0.05, 0.1) is 13.2 Å². The maximum atomic E-state index is 11.5. The molecule has 0 unspecified atom stereocenters. The van der Waals surface area contributed by atoms with Crippen LogP contribution in [0.4, 0.5) is 0 Å². The summed E-state index contributed by atoms with van der Waals surface area (Å²) in [4.78, 5) is 11.5. The Balaban J connectivity index is 3.01. The number of esters is 1. The molecule has 0 bridgehead atoms. The van der Waals surface area contributed by atoms with E-state index in [2.05, 4.69) is 0 Å². The Morgan fingerprint density at radius 3 is 2.84 bits per heavy atom. The predicted octanol–water partition coefficient (Wildman–Crippen LogP) is 1.53. The normalized spacial score (nSPS) is 10.7. The predicted molar refractivity (Wildman–Crippen MR) is 69.2 cm³/mol. The highest BCUT2D eigenvalue weighted by atomic mass is 16.5. The first kappa shape index (κ1) is 14.7. The second-order valence-corrected chi connectivity index (χ2v) is 3.50. The van der Waals surface area contributed by atoms with Gasteiger partial charge in [0.15, 0.2) is 0 Å².